The SMILES string of the molecule is CCn1nnc(C(=O)O)c1Oc1ccc(I)cc1. The smallest absolute Gasteiger partial charge is 0.362 e. The normalized spacial score (nSPS) is 10.3. The van der Waals surface area contributed by atoms with E-state index in [4.69, 9.17) is 9.84 Å². The van der Waals surface area contributed by atoms with Gasteiger partial charge in [0.2, 0.25) is 5.69 Å². The first kappa shape index (κ1) is 12.8. The quantitative estimate of drug-likeness (QED) is 0.849. The highest BCUT2D eigenvalue weighted by Gasteiger charge is 2.20. The van der Waals surface area contributed by atoms with E-state index in [9.17, 15) is 4.79 Å². The van der Waals surface area contributed by atoms with Gasteiger partial charge in [0.15, 0.2) is 0 Å². The molecule has 1 heterocycles. The van der Waals surface area contributed by atoms with Crippen molar-refractivity contribution in [3.63, 3.8) is 0 Å². The molecule has 7 heteroatoms. The Labute approximate surface area is 117 Å². The topological polar surface area (TPSA) is 77.2 Å². The molecule has 2 rings (SSSR count). The first-order valence-corrected chi connectivity index (χ1v) is 6.30. The van der Waals surface area contributed by atoms with E-state index in [1.165, 1.54) is 4.68 Å². The maximum Gasteiger partial charge on any atom is 0.362 e. The van der Waals surface area contributed by atoms with Crippen molar-refractivity contribution in [1.29, 1.82) is 0 Å². The Balaban J connectivity index is 2.35. The van der Waals surface area contributed by atoms with Crippen LogP contribution in [0.5, 0.6) is 11.6 Å². The number of benzene rings is 1. The lowest BCUT2D eigenvalue weighted by atomic mass is 10.3. The summed E-state index contributed by atoms with van der Waals surface area (Å²) in [4.78, 5) is 11.0. The molecular formula is C11H10IN3O3. The molecule has 0 bridgehead atoms. The number of hydrogen-bond donors (Lipinski definition) is 1. The van der Waals surface area contributed by atoms with Gasteiger partial charge in [-0.25, -0.2) is 9.48 Å². The zero-order valence-electron chi connectivity index (χ0n) is 9.50. The average Bonchev–Trinajstić information content (AvgIpc) is 2.75. The van der Waals surface area contributed by atoms with Gasteiger partial charge < -0.3 is 9.84 Å². The highest BCUT2D eigenvalue weighted by atomic mass is 127. The van der Waals surface area contributed by atoms with Crippen molar-refractivity contribution in [1.82, 2.24) is 15.0 Å². The molecule has 0 fully saturated rings. The van der Waals surface area contributed by atoms with Crippen molar-refractivity contribution in [3.8, 4) is 11.6 Å². The molecule has 1 aromatic carbocycles. The van der Waals surface area contributed by atoms with E-state index < -0.39 is 5.97 Å². The Bertz CT molecular complexity index is 565. The van der Waals surface area contributed by atoms with E-state index in [2.05, 4.69) is 32.9 Å². The van der Waals surface area contributed by atoms with Crippen LogP contribution < -0.4 is 4.74 Å². The van der Waals surface area contributed by atoms with Crippen LogP contribution in [0.2, 0.25) is 0 Å². The summed E-state index contributed by atoms with van der Waals surface area (Å²) in [5.41, 5.74) is -0.185. The molecule has 1 N–H and O–H groups in total. The van der Waals surface area contributed by atoms with Crippen molar-refractivity contribution in [3.05, 3.63) is 33.5 Å². The van der Waals surface area contributed by atoms with Gasteiger partial charge in [-0.3, -0.25) is 0 Å². The molecule has 0 amide bonds. The van der Waals surface area contributed by atoms with Crippen molar-refractivity contribution in [2.75, 3.05) is 0 Å². The van der Waals surface area contributed by atoms with Gasteiger partial charge in [0, 0.05) is 10.1 Å². The zero-order valence-corrected chi connectivity index (χ0v) is 11.7. The van der Waals surface area contributed by atoms with Crippen LogP contribution in [0.1, 0.15) is 17.4 Å². The van der Waals surface area contributed by atoms with Crippen molar-refractivity contribution < 1.29 is 14.6 Å². The number of carbonyl (C=O) groups is 1. The number of aromatic carboxylic acids is 1. The predicted octanol–water partition coefficient (Wildman–Crippen LogP) is 2.39. The highest BCUT2D eigenvalue weighted by Crippen LogP contribution is 2.24. The Morgan fingerprint density at radius 2 is 2.11 bits per heavy atom. The predicted molar refractivity (Wildman–Crippen MR) is 71.9 cm³/mol. The van der Waals surface area contributed by atoms with Crippen LogP contribution in [0.25, 0.3) is 0 Å². The average molecular weight is 359 g/mol. The molecular weight excluding hydrogens is 349 g/mol. The van der Waals surface area contributed by atoms with Crippen LogP contribution in [0.3, 0.4) is 0 Å². The van der Waals surface area contributed by atoms with Crippen LogP contribution in [0.15, 0.2) is 24.3 Å². The molecule has 0 atom stereocenters. The van der Waals surface area contributed by atoms with Crippen molar-refractivity contribution >= 4 is 28.6 Å². The van der Waals surface area contributed by atoms with Gasteiger partial charge >= 0.3 is 5.97 Å². The molecule has 6 nitrogen and oxygen atoms in total. The maximum absolute atomic E-state index is 11.0. The zero-order chi connectivity index (χ0) is 13.1. The van der Waals surface area contributed by atoms with Gasteiger partial charge in [0.1, 0.15) is 5.75 Å². The Morgan fingerprint density at radius 1 is 1.44 bits per heavy atom. The van der Waals surface area contributed by atoms with Gasteiger partial charge in [0.05, 0.1) is 0 Å². The number of halogens is 1. The summed E-state index contributed by atoms with van der Waals surface area (Å²) < 4.78 is 8.02. The lowest BCUT2D eigenvalue weighted by Gasteiger charge is -2.07. The Morgan fingerprint density at radius 3 is 2.67 bits per heavy atom. The van der Waals surface area contributed by atoms with E-state index in [0.717, 1.165) is 3.57 Å². The number of aryl methyl sites for hydroxylation is 1. The van der Waals surface area contributed by atoms with Gasteiger partial charge in [-0.05, 0) is 53.8 Å². The van der Waals surface area contributed by atoms with Gasteiger partial charge in [-0.2, -0.15) is 0 Å². The Kier molecular flexibility index (Phi) is 3.80. The minimum atomic E-state index is -1.16. The summed E-state index contributed by atoms with van der Waals surface area (Å²) in [6, 6.07) is 7.27. The number of carboxylic acid groups (broad SMARTS) is 1. The first-order valence-electron chi connectivity index (χ1n) is 5.22. The monoisotopic (exact) mass is 359 g/mol. The molecule has 1 aromatic heterocycles. The molecule has 0 aliphatic heterocycles. The second-order valence-electron chi connectivity index (χ2n) is 3.42. The van der Waals surface area contributed by atoms with Crippen LogP contribution in [0.4, 0.5) is 0 Å². The molecule has 0 saturated heterocycles. The second kappa shape index (κ2) is 5.34. The number of nitrogens with zero attached hydrogens (tertiary/aromatic N) is 3. The molecule has 2 aromatic rings. The lowest BCUT2D eigenvalue weighted by molar-refractivity contribution is 0.0687. The largest absolute Gasteiger partial charge is 0.476 e. The van der Waals surface area contributed by atoms with Gasteiger partial charge in [-0.1, -0.05) is 5.21 Å². The lowest BCUT2D eigenvalue weighted by Crippen LogP contribution is -2.03. The fourth-order valence-electron chi connectivity index (χ4n) is 1.36. The standard InChI is InChI=1S/C11H10IN3O3/c1-2-15-10(9(11(16)17)13-14-15)18-8-5-3-7(12)4-6-8/h3-6H,2H2,1H3,(H,16,17). The first-order chi connectivity index (χ1) is 8.61. The summed E-state index contributed by atoms with van der Waals surface area (Å²) in [6.45, 7) is 2.32. The maximum atomic E-state index is 11.0. The van der Waals surface area contributed by atoms with E-state index >= 15 is 0 Å². The second-order valence-corrected chi connectivity index (χ2v) is 4.67. The summed E-state index contributed by atoms with van der Waals surface area (Å²) in [5, 5.41) is 16.3. The van der Waals surface area contributed by atoms with Crippen molar-refractivity contribution in [2.45, 2.75) is 13.5 Å². The molecule has 0 unspecified atom stereocenters. The Hall–Kier alpha value is -1.64. The van der Waals surface area contributed by atoms with E-state index in [1.54, 1.807) is 12.1 Å². The van der Waals surface area contributed by atoms with E-state index in [1.807, 2.05) is 19.1 Å². The van der Waals surface area contributed by atoms with Crippen LogP contribution in [0, 0.1) is 3.57 Å². The number of ether oxygens (including phenoxy) is 1. The van der Waals surface area contributed by atoms with Crippen LogP contribution in [-0.4, -0.2) is 26.1 Å². The van der Waals surface area contributed by atoms with Crippen LogP contribution in [-0.2, 0) is 6.54 Å². The molecule has 0 radical (unpaired) electrons. The van der Waals surface area contributed by atoms with Crippen LogP contribution >= 0.6 is 22.6 Å². The third-order valence-corrected chi connectivity index (χ3v) is 2.94. The molecule has 0 saturated carbocycles. The summed E-state index contributed by atoms with van der Waals surface area (Å²) in [5.74, 6) is -0.462. The third kappa shape index (κ3) is 2.61. The molecule has 18 heavy (non-hydrogen) atoms. The summed E-state index contributed by atoms with van der Waals surface area (Å²) in [7, 11) is 0. The van der Waals surface area contributed by atoms with Gasteiger partial charge in [-0.15, -0.1) is 5.10 Å². The van der Waals surface area contributed by atoms with E-state index in [-0.39, 0.29) is 11.6 Å². The van der Waals surface area contributed by atoms with Crippen molar-refractivity contribution in [2.24, 2.45) is 0 Å². The van der Waals surface area contributed by atoms with Gasteiger partial charge in [0.25, 0.3) is 5.88 Å². The summed E-state index contributed by atoms with van der Waals surface area (Å²) >= 11 is 2.18. The number of aromatic nitrogens is 3. The highest BCUT2D eigenvalue weighted by molar-refractivity contribution is 14.1. The third-order valence-electron chi connectivity index (χ3n) is 2.22. The number of hydrogen-bond acceptors (Lipinski definition) is 4. The molecule has 0 spiro atoms. The fraction of sp³-hybridized carbons (Fsp3) is 0.182. The van der Waals surface area contributed by atoms with E-state index in [0.29, 0.717) is 12.3 Å². The summed E-state index contributed by atoms with van der Waals surface area (Å²) in [6.07, 6.45) is 0. The minimum Gasteiger partial charge on any atom is -0.476 e. The molecule has 94 valence electrons. The molecule has 0 aliphatic rings. The minimum absolute atomic E-state index is 0.145. The molecule has 0 aliphatic carbocycles. The fourth-order valence-corrected chi connectivity index (χ4v) is 1.72. The number of carboxylic acids is 1. The number of rotatable bonds is 4.